The molecule has 0 saturated heterocycles. The predicted octanol–water partition coefficient (Wildman–Crippen LogP) is 1.70. The minimum atomic E-state index is -0.00351. The Balaban J connectivity index is 2.24. The van der Waals surface area contributed by atoms with Gasteiger partial charge >= 0.3 is 0 Å². The Bertz CT molecular complexity index is 488. The van der Waals surface area contributed by atoms with Crippen LogP contribution in [-0.2, 0) is 6.54 Å². The smallest absolute Gasteiger partial charge is 0.149 e. The Morgan fingerprint density at radius 2 is 2.00 bits per heavy atom. The number of aromatic nitrogens is 4. The van der Waals surface area contributed by atoms with Crippen molar-refractivity contribution >= 4 is 0 Å². The molecule has 2 heterocycles. The van der Waals surface area contributed by atoms with E-state index in [2.05, 4.69) is 27.3 Å². The van der Waals surface area contributed by atoms with Crippen molar-refractivity contribution in [3.63, 3.8) is 0 Å². The monoisotopic (exact) mass is 245 g/mol. The van der Waals surface area contributed by atoms with Crippen molar-refractivity contribution < 1.29 is 0 Å². The van der Waals surface area contributed by atoms with E-state index < -0.39 is 0 Å². The molecule has 2 rings (SSSR count). The summed E-state index contributed by atoms with van der Waals surface area (Å²) in [6.45, 7) is 5.06. The maximum Gasteiger partial charge on any atom is 0.149 e. The van der Waals surface area contributed by atoms with Gasteiger partial charge in [0.05, 0.1) is 12.2 Å². The van der Waals surface area contributed by atoms with Crippen LogP contribution in [0.15, 0.2) is 24.8 Å². The molecule has 96 valence electrons. The average Bonchev–Trinajstić information content (AvgIpc) is 2.82. The first-order valence-corrected chi connectivity index (χ1v) is 6.22. The molecule has 0 aliphatic heterocycles. The van der Waals surface area contributed by atoms with E-state index in [-0.39, 0.29) is 6.04 Å². The highest BCUT2D eigenvalue weighted by Crippen LogP contribution is 2.17. The van der Waals surface area contributed by atoms with Crippen LogP contribution in [0.1, 0.15) is 36.3 Å². The third-order valence-electron chi connectivity index (χ3n) is 2.79. The van der Waals surface area contributed by atoms with Crippen molar-refractivity contribution in [3.8, 4) is 0 Å². The van der Waals surface area contributed by atoms with Crippen LogP contribution >= 0.6 is 0 Å². The van der Waals surface area contributed by atoms with E-state index in [1.54, 1.807) is 0 Å². The second kappa shape index (κ2) is 5.73. The van der Waals surface area contributed by atoms with Crippen LogP contribution in [0.5, 0.6) is 0 Å². The zero-order chi connectivity index (χ0) is 13.0. The Kier molecular flexibility index (Phi) is 4.04. The lowest BCUT2D eigenvalue weighted by Gasteiger charge is -2.12. The van der Waals surface area contributed by atoms with E-state index in [0.29, 0.717) is 0 Å². The molecule has 0 fully saturated rings. The van der Waals surface area contributed by atoms with E-state index in [4.69, 9.17) is 0 Å². The first-order valence-electron chi connectivity index (χ1n) is 6.22. The summed E-state index contributed by atoms with van der Waals surface area (Å²) >= 11 is 0. The van der Waals surface area contributed by atoms with Gasteiger partial charge in [0.15, 0.2) is 0 Å². The second-order valence-electron chi connectivity index (χ2n) is 4.38. The molecule has 0 spiro atoms. The van der Waals surface area contributed by atoms with Crippen LogP contribution in [-0.4, -0.2) is 26.8 Å². The quantitative estimate of drug-likeness (QED) is 0.871. The summed E-state index contributed by atoms with van der Waals surface area (Å²) in [6.07, 6.45) is 8.67. The molecule has 2 aromatic rings. The van der Waals surface area contributed by atoms with Crippen molar-refractivity contribution in [2.45, 2.75) is 32.9 Å². The average molecular weight is 245 g/mol. The van der Waals surface area contributed by atoms with E-state index >= 15 is 0 Å². The molecule has 0 bridgehead atoms. The van der Waals surface area contributed by atoms with E-state index in [1.165, 1.54) is 0 Å². The van der Waals surface area contributed by atoms with Gasteiger partial charge in [-0.3, -0.25) is 4.68 Å². The second-order valence-corrected chi connectivity index (χ2v) is 4.38. The molecule has 18 heavy (non-hydrogen) atoms. The standard InChI is InChI=1S/C13H19N5/c1-4-5-18-9-11(8-17-18)12(14-3)13-15-6-10(2)7-16-13/h6-9,12,14H,4-5H2,1-3H3. The fraction of sp³-hybridized carbons (Fsp3) is 0.462. The summed E-state index contributed by atoms with van der Waals surface area (Å²) in [5.41, 5.74) is 2.16. The lowest BCUT2D eigenvalue weighted by molar-refractivity contribution is 0.598. The van der Waals surface area contributed by atoms with Crippen molar-refractivity contribution in [1.82, 2.24) is 25.1 Å². The maximum atomic E-state index is 4.37. The third kappa shape index (κ3) is 2.73. The first kappa shape index (κ1) is 12.7. The van der Waals surface area contributed by atoms with Gasteiger partial charge in [0.1, 0.15) is 5.82 Å². The Morgan fingerprint density at radius 1 is 1.28 bits per heavy atom. The molecule has 1 atom stereocenters. The van der Waals surface area contributed by atoms with Crippen molar-refractivity contribution in [2.24, 2.45) is 0 Å². The van der Waals surface area contributed by atoms with Gasteiger partial charge < -0.3 is 5.32 Å². The number of nitrogens with one attached hydrogen (secondary N) is 1. The van der Waals surface area contributed by atoms with Crippen LogP contribution < -0.4 is 5.32 Å². The molecule has 5 heteroatoms. The molecular weight excluding hydrogens is 226 g/mol. The SMILES string of the molecule is CCCn1cc(C(NC)c2ncc(C)cn2)cn1. The number of rotatable bonds is 5. The third-order valence-corrected chi connectivity index (χ3v) is 2.79. The highest BCUT2D eigenvalue weighted by Gasteiger charge is 2.16. The molecule has 0 aliphatic rings. The zero-order valence-corrected chi connectivity index (χ0v) is 11.1. The van der Waals surface area contributed by atoms with E-state index in [1.807, 2.05) is 43.4 Å². The van der Waals surface area contributed by atoms with Crippen LogP contribution in [0, 0.1) is 6.92 Å². The first-order chi connectivity index (χ1) is 8.74. The molecule has 0 radical (unpaired) electrons. The van der Waals surface area contributed by atoms with Crippen LogP contribution in [0.3, 0.4) is 0 Å². The van der Waals surface area contributed by atoms with Crippen LogP contribution in [0.4, 0.5) is 0 Å². The van der Waals surface area contributed by atoms with Crippen LogP contribution in [0.25, 0.3) is 0 Å². The molecule has 1 unspecified atom stereocenters. The summed E-state index contributed by atoms with van der Waals surface area (Å²) in [5, 5.41) is 7.57. The number of hydrogen-bond acceptors (Lipinski definition) is 4. The minimum absolute atomic E-state index is 0.00351. The highest BCUT2D eigenvalue weighted by molar-refractivity contribution is 5.19. The van der Waals surface area contributed by atoms with E-state index in [0.717, 1.165) is 29.9 Å². The molecule has 1 N–H and O–H groups in total. The molecular formula is C13H19N5. The fourth-order valence-corrected chi connectivity index (χ4v) is 1.88. The molecule has 2 aromatic heterocycles. The van der Waals surface area contributed by atoms with E-state index in [9.17, 15) is 0 Å². The minimum Gasteiger partial charge on any atom is -0.307 e. The van der Waals surface area contributed by atoms with Crippen molar-refractivity contribution in [1.29, 1.82) is 0 Å². The van der Waals surface area contributed by atoms with Crippen molar-refractivity contribution in [3.05, 3.63) is 41.7 Å². The van der Waals surface area contributed by atoms with Gasteiger partial charge in [-0.05, 0) is 26.0 Å². The molecule has 0 saturated carbocycles. The summed E-state index contributed by atoms with van der Waals surface area (Å²) in [5.74, 6) is 0.777. The molecule has 5 nitrogen and oxygen atoms in total. The fourth-order valence-electron chi connectivity index (χ4n) is 1.88. The summed E-state index contributed by atoms with van der Waals surface area (Å²) in [6, 6.07) is -0.00351. The molecule has 0 amide bonds. The van der Waals surface area contributed by atoms with Crippen molar-refractivity contribution in [2.75, 3.05) is 7.05 Å². The van der Waals surface area contributed by atoms with Gasteiger partial charge in [0, 0.05) is 30.7 Å². The lowest BCUT2D eigenvalue weighted by Crippen LogP contribution is -2.19. The van der Waals surface area contributed by atoms with Gasteiger partial charge in [-0.2, -0.15) is 5.10 Å². The Morgan fingerprint density at radius 3 is 2.61 bits per heavy atom. The van der Waals surface area contributed by atoms with Crippen LogP contribution in [0.2, 0.25) is 0 Å². The Labute approximate surface area is 107 Å². The van der Waals surface area contributed by atoms with Gasteiger partial charge in [-0.1, -0.05) is 6.92 Å². The number of nitrogens with zero attached hydrogens (tertiary/aromatic N) is 4. The number of hydrogen-bond donors (Lipinski definition) is 1. The summed E-state index contributed by atoms with van der Waals surface area (Å²) < 4.78 is 1.95. The number of aryl methyl sites for hydroxylation is 2. The lowest BCUT2D eigenvalue weighted by atomic mass is 10.1. The van der Waals surface area contributed by atoms with Gasteiger partial charge in [0.2, 0.25) is 0 Å². The van der Waals surface area contributed by atoms with Gasteiger partial charge in [-0.15, -0.1) is 0 Å². The normalized spacial score (nSPS) is 12.6. The zero-order valence-electron chi connectivity index (χ0n) is 11.1. The summed E-state index contributed by atoms with van der Waals surface area (Å²) in [4.78, 5) is 8.74. The predicted molar refractivity (Wildman–Crippen MR) is 70.2 cm³/mol. The van der Waals surface area contributed by atoms with Gasteiger partial charge in [-0.25, -0.2) is 9.97 Å². The Hall–Kier alpha value is -1.75. The largest absolute Gasteiger partial charge is 0.307 e. The van der Waals surface area contributed by atoms with Gasteiger partial charge in [0.25, 0.3) is 0 Å². The maximum absolute atomic E-state index is 4.37. The topological polar surface area (TPSA) is 55.6 Å². The molecule has 0 aromatic carbocycles. The molecule has 0 aliphatic carbocycles. The highest BCUT2D eigenvalue weighted by atomic mass is 15.3. The summed E-state index contributed by atoms with van der Waals surface area (Å²) in [7, 11) is 1.91.